The van der Waals surface area contributed by atoms with Gasteiger partial charge in [-0.1, -0.05) is 66.2 Å². The van der Waals surface area contributed by atoms with Crippen LogP contribution in [0.25, 0.3) is 0 Å². The molecule has 1 saturated heterocycles. The summed E-state index contributed by atoms with van der Waals surface area (Å²) in [5.41, 5.74) is 3.36. The van der Waals surface area contributed by atoms with Crippen molar-refractivity contribution in [2.24, 2.45) is 0 Å². The molecule has 1 atom stereocenters. The molecule has 5 rings (SSSR count). The van der Waals surface area contributed by atoms with E-state index in [4.69, 9.17) is 11.6 Å². The smallest absolute Gasteiger partial charge is 0.269 e. The Morgan fingerprint density at radius 3 is 2.48 bits per heavy atom. The van der Waals surface area contributed by atoms with Crippen LogP contribution in [0.2, 0.25) is 5.02 Å². The minimum atomic E-state index is -1.10. The third kappa shape index (κ3) is 2.76. The van der Waals surface area contributed by atoms with Crippen molar-refractivity contribution in [1.29, 1.82) is 0 Å². The molecule has 0 unspecified atom stereocenters. The third-order valence-corrected chi connectivity index (χ3v) is 6.93. The lowest BCUT2D eigenvalue weighted by Crippen LogP contribution is -2.49. The van der Waals surface area contributed by atoms with Crippen LogP contribution in [-0.2, 0) is 21.0 Å². The Morgan fingerprint density at radius 1 is 0.931 bits per heavy atom. The van der Waals surface area contributed by atoms with Gasteiger partial charge in [0, 0.05) is 16.3 Å². The maximum Gasteiger partial charge on any atom is 0.269 e. The third-order valence-electron chi connectivity index (χ3n) is 5.31. The molecule has 2 aliphatic rings. The van der Waals surface area contributed by atoms with Gasteiger partial charge in [0.2, 0.25) is 10.8 Å². The number of rotatable bonds is 3. The molecule has 1 spiro atoms. The van der Waals surface area contributed by atoms with Crippen molar-refractivity contribution >= 4 is 46.6 Å². The fourth-order valence-electron chi connectivity index (χ4n) is 4.09. The number of fused-ring (bicyclic) bond motifs is 2. The number of amides is 2. The largest absolute Gasteiger partial charge is 0.304 e. The van der Waals surface area contributed by atoms with Gasteiger partial charge >= 0.3 is 0 Å². The van der Waals surface area contributed by atoms with Crippen molar-refractivity contribution in [1.82, 2.24) is 0 Å². The predicted molar refractivity (Wildman–Crippen MR) is 117 cm³/mol. The molecule has 4 nitrogen and oxygen atoms in total. The van der Waals surface area contributed by atoms with Crippen molar-refractivity contribution in [3.8, 4) is 0 Å². The van der Waals surface area contributed by atoms with Gasteiger partial charge in [-0.2, -0.15) is 0 Å². The van der Waals surface area contributed by atoms with E-state index in [1.165, 1.54) is 11.8 Å². The topological polar surface area (TPSA) is 40.6 Å². The number of hydrogen-bond donors (Lipinski definition) is 0. The molecule has 3 aromatic carbocycles. The highest BCUT2D eigenvalue weighted by Gasteiger charge is 2.60. The minimum Gasteiger partial charge on any atom is -0.304 e. The van der Waals surface area contributed by atoms with Crippen molar-refractivity contribution in [3.63, 3.8) is 0 Å². The summed E-state index contributed by atoms with van der Waals surface area (Å²) in [6.45, 7) is 0.455. The van der Waals surface area contributed by atoms with Crippen LogP contribution in [0.1, 0.15) is 11.1 Å². The van der Waals surface area contributed by atoms with Gasteiger partial charge in [0.15, 0.2) is 0 Å². The van der Waals surface area contributed by atoms with Gasteiger partial charge in [0.05, 0.1) is 18.0 Å². The second-order valence-corrected chi connectivity index (χ2v) is 8.64. The molecular formula is C23H17ClN2O2S. The maximum atomic E-state index is 13.9. The lowest BCUT2D eigenvalue weighted by Gasteiger charge is -2.33. The van der Waals surface area contributed by atoms with Gasteiger partial charge in [-0.15, -0.1) is 11.8 Å². The minimum absolute atomic E-state index is 0.0954. The molecule has 0 radical (unpaired) electrons. The second kappa shape index (κ2) is 6.94. The van der Waals surface area contributed by atoms with E-state index in [1.807, 2.05) is 60.7 Å². The summed E-state index contributed by atoms with van der Waals surface area (Å²) in [5, 5.41) is 0.530. The molecule has 0 aliphatic carbocycles. The molecular weight excluding hydrogens is 404 g/mol. The van der Waals surface area contributed by atoms with E-state index in [2.05, 4.69) is 0 Å². The summed E-state index contributed by atoms with van der Waals surface area (Å²) >= 11 is 7.58. The van der Waals surface area contributed by atoms with E-state index in [1.54, 1.807) is 28.0 Å². The summed E-state index contributed by atoms with van der Waals surface area (Å²) in [6.07, 6.45) is 0. The zero-order chi connectivity index (χ0) is 20.0. The van der Waals surface area contributed by atoms with Gasteiger partial charge in [-0.3, -0.25) is 14.5 Å². The molecule has 2 amide bonds. The molecule has 29 heavy (non-hydrogen) atoms. The van der Waals surface area contributed by atoms with E-state index < -0.39 is 4.87 Å². The highest BCUT2D eigenvalue weighted by molar-refractivity contribution is 8.02. The number of hydrogen-bond acceptors (Lipinski definition) is 3. The van der Waals surface area contributed by atoms with Crippen molar-refractivity contribution in [2.45, 2.75) is 11.4 Å². The van der Waals surface area contributed by atoms with Crippen LogP contribution in [0.15, 0.2) is 78.9 Å². The highest BCUT2D eigenvalue weighted by atomic mass is 35.5. The highest BCUT2D eigenvalue weighted by Crippen LogP contribution is 2.56. The Kier molecular flexibility index (Phi) is 4.37. The van der Waals surface area contributed by atoms with Gasteiger partial charge in [0.25, 0.3) is 5.91 Å². The van der Waals surface area contributed by atoms with E-state index >= 15 is 0 Å². The Labute approximate surface area is 178 Å². The van der Waals surface area contributed by atoms with Crippen LogP contribution in [-0.4, -0.2) is 17.6 Å². The molecule has 0 saturated carbocycles. The molecule has 2 heterocycles. The monoisotopic (exact) mass is 420 g/mol. The molecule has 1 fully saturated rings. The number of para-hydroxylation sites is 1. The normalized spacial score (nSPS) is 20.6. The number of anilines is 2. The average Bonchev–Trinajstić information content (AvgIpc) is 3.20. The summed E-state index contributed by atoms with van der Waals surface area (Å²) < 4.78 is 0. The first-order valence-corrected chi connectivity index (χ1v) is 10.7. The summed E-state index contributed by atoms with van der Waals surface area (Å²) in [6, 6.07) is 24.7. The number of carbonyl (C=O) groups is 2. The number of benzene rings is 3. The summed E-state index contributed by atoms with van der Waals surface area (Å²) in [5.74, 6) is 0.0477. The average molecular weight is 421 g/mol. The van der Waals surface area contributed by atoms with Gasteiger partial charge in [-0.05, 0) is 29.8 Å². The van der Waals surface area contributed by atoms with Gasteiger partial charge in [0.1, 0.15) is 0 Å². The zero-order valence-electron chi connectivity index (χ0n) is 15.4. The quantitative estimate of drug-likeness (QED) is 0.610. The lowest BCUT2D eigenvalue weighted by atomic mass is 10.0. The first-order chi connectivity index (χ1) is 14.1. The van der Waals surface area contributed by atoms with Crippen LogP contribution in [0, 0.1) is 0 Å². The summed E-state index contributed by atoms with van der Waals surface area (Å²) in [7, 11) is 0. The number of nitrogens with zero attached hydrogens (tertiary/aromatic N) is 2. The Balaban J connectivity index is 1.66. The van der Waals surface area contributed by atoms with Crippen molar-refractivity contribution < 1.29 is 9.59 Å². The predicted octanol–water partition coefficient (Wildman–Crippen LogP) is 4.82. The SMILES string of the molecule is O=C1CS[C@]2(C(=O)N(Cc3ccccc3)c3ccccc32)N1c1cccc(Cl)c1. The van der Waals surface area contributed by atoms with Crippen molar-refractivity contribution in [2.75, 3.05) is 15.6 Å². The number of halogens is 1. The molecule has 0 N–H and O–H groups in total. The van der Waals surface area contributed by atoms with Gasteiger partial charge < -0.3 is 4.90 Å². The molecule has 6 heteroatoms. The fourth-order valence-corrected chi connectivity index (χ4v) is 5.64. The maximum absolute atomic E-state index is 13.9. The van der Waals surface area contributed by atoms with E-state index in [0.29, 0.717) is 17.3 Å². The van der Waals surface area contributed by atoms with E-state index in [-0.39, 0.29) is 17.6 Å². The first-order valence-electron chi connectivity index (χ1n) is 9.29. The van der Waals surface area contributed by atoms with Crippen LogP contribution in [0.3, 0.4) is 0 Å². The Hall–Kier alpha value is -2.76. The van der Waals surface area contributed by atoms with E-state index in [0.717, 1.165) is 16.8 Å². The fraction of sp³-hybridized carbons (Fsp3) is 0.130. The molecule has 0 aromatic heterocycles. The molecule has 144 valence electrons. The van der Waals surface area contributed by atoms with Crippen LogP contribution in [0.4, 0.5) is 11.4 Å². The van der Waals surface area contributed by atoms with Crippen LogP contribution < -0.4 is 9.80 Å². The molecule has 2 aliphatic heterocycles. The second-order valence-electron chi connectivity index (χ2n) is 7.04. The van der Waals surface area contributed by atoms with Crippen LogP contribution >= 0.6 is 23.4 Å². The summed E-state index contributed by atoms with van der Waals surface area (Å²) in [4.78, 5) is 29.1. The first kappa shape index (κ1) is 18.3. The van der Waals surface area contributed by atoms with Crippen molar-refractivity contribution in [3.05, 3.63) is 95.0 Å². The lowest BCUT2D eigenvalue weighted by molar-refractivity contribution is -0.123. The zero-order valence-corrected chi connectivity index (χ0v) is 17.0. The Bertz CT molecular complexity index is 1120. The number of carbonyl (C=O) groups excluding carboxylic acids is 2. The molecule has 3 aromatic rings. The Morgan fingerprint density at radius 2 is 1.69 bits per heavy atom. The standard InChI is InChI=1S/C23H17ClN2O2S/c24-17-9-6-10-18(13-17)26-21(27)15-29-23(26)19-11-4-5-12-20(19)25(22(23)28)14-16-7-2-1-3-8-16/h1-13H,14-15H2/t23-/m1/s1. The van der Waals surface area contributed by atoms with Crippen LogP contribution in [0.5, 0.6) is 0 Å². The van der Waals surface area contributed by atoms with Gasteiger partial charge in [-0.25, -0.2) is 0 Å². The van der Waals surface area contributed by atoms with E-state index in [9.17, 15) is 9.59 Å². The number of thioether (sulfide) groups is 1. The molecule has 0 bridgehead atoms.